The first-order valence-corrected chi connectivity index (χ1v) is 19.3. The number of halogens is 2. The van der Waals surface area contributed by atoms with Gasteiger partial charge in [0.05, 0.1) is 16.9 Å². The van der Waals surface area contributed by atoms with Crippen LogP contribution >= 0.6 is 23.2 Å². The molecular formula is C41H57Cl2N3O7. The molecule has 6 atom stereocenters. The van der Waals surface area contributed by atoms with E-state index < -0.39 is 64.8 Å². The van der Waals surface area contributed by atoms with Crippen molar-refractivity contribution in [3.63, 3.8) is 0 Å². The van der Waals surface area contributed by atoms with Gasteiger partial charge in [0.2, 0.25) is 11.8 Å². The number of carbonyl (C=O) groups is 4. The van der Waals surface area contributed by atoms with Gasteiger partial charge in [-0.15, -0.1) is 11.6 Å². The molecule has 1 aliphatic heterocycles. The summed E-state index contributed by atoms with van der Waals surface area (Å²) in [6, 6.07) is 12.2. The topological polar surface area (TPSA) is 134 Å². The van der Waals surface area contributed by atoms with Gasteiger partial charge >= 0.3 is 11.9 Å². The molecule has 0 bridgehead atoms. The number of aryl methyl sites for hydroxylation is 1. The predicted molar refractivity (Wildman–Crippen MR) is 208 cm³/mol. The molecule has 0 aliphatic carbocycles. The first kappa shape index (κ1) is 44.0. The molecule has 1 aliphatic rings. The van der Waals surface area contributed by atoms with Gasteiger partial charge in [-0.3, -0.25) is 19.3 Å². The number of esters is 2. The number of carbonyl (C=O) groups excluding carboxylic acids is 4. The van der Waals surface area contributed by atoms with Crippen LogP contribution in [0.15, 0.2) is 54.6 Å². The van der Waals surface area contributed by atoms with Crippen molar-refractivity contribution in [1.82, 2.24) is 15.5 Å². The zero-order chi connectivity index (χ0) is 39.5. The summed E-state index contributed by atoms with van der Waals surface area (Å²) in [6.45, 7) is 17.3. The first-order chi connectivity index (χ1) is 24.9. The quantitative estimate of drug-likeness (QED) is 0.165. The smallest absolute Gasteiger partial charge is 0.347 e. The Morgan fingerprint density at radius 3 is 2.23 bits per heavy atom. The van der Waals surface area contributed by atoms with Crippen molar-refractivity contribution in [3.8, 4) is 0 Å². The summed E-state index contributed by atoms with van der Waals surface area (Å²) in [5.74, 6) is -3.27. The van der Waals surface area contributed by atoms with Gasteiger partial charge in [-0.25, -0.2) is 4.79 Å². The van der Waals surface area contributed by atoms with Crippen molar-refractivity contribution < 1.29 is 33.8 Å². The highest BCUT2D eigenvalue weighted by Gasteiger charge is 2.38. The minimum atomic E-state index is -1.24. The molecular weight excluding hydrogens is 717 g/mol. The van der Waals surface area contributed by atoms with Crippen molar-refractivity contribution in [2.45, 2.75) is 111 Å². The van der Waals surface area contributed by atoms with Crippen LogP contribution in [0.2, 0.25) is 5.02 Å². The van der Waals surface area contributed by atoms with E-state index in [-0.39, 0.29) is 31.7 Å². The van der Waals surface area contributed by atoms with Crippen molar-refractivity contribution in [1.29, 1.82) is 0 Å². The normalized spacial score (nSPS) is 22.7. The maximum Gasteiger partial charge on any atom is 0.347 e. The zero-order valence-electron chi connectivity index (χ0n) is 32.3. The first-order valence-electron chi connectivity index (χ1n) is 18.5. The predicted octanol–water partition coefficient (Wildman–Crippen LogP) is 6.47. The number of benzene rings is 2. The van der Waals surface area contributed by atoms with Crippen LogP contribution in [0.25, 0.3) is 0 Å². The van der Waals surface area contributed by atoms with Gasteiger partial charge < -0.3 is 25.2 Å². The average molecular weight is 775 g/mol. The fraction of sp³-hybridized carbons (Fsp3) is 0.561. The molecule has 1 heterocycles. The molecule has 3 rings (SSSR count). The number of alkyl halides is 1. The van der Waals surface area contributed by atoms with Crippen LogP contribution in [0.4, 0.5) is 0 Å². The lowest BCUT2D eigenvalue weighted by atomic mass is 9.90. The van der Waals surface area contributed by atoms with Crippen LogP contribution in [0.3, 0.4) is 0 Å². The van der Waals surface area contributed by atoms with Crippen LogP contribution < -0.4 is 10.6 Å². The fourth-order valence-electron chi connectivity index (χ4n) is 5.94. The molecule has 53 heavy (non-hydrogen) atoms. The highest BCUT2D eigenvalue weighted by molar-refractivity contribution is 6.31. The number of hydrogen-bond donors (Lipinski definition) is 3. The number of ether oxygens (including phenoxy) is 2. The van der Waals surface area contributed by atoms with Gasteiger partial charge in [0.1, 0.15) is 12.1 Å². The van der Waals surface area contributed by atoms with E-state index in [4.69, 9.17) is 32.7 Å². The van der Waals surface area contributed by atoms with E-state index in [9.17, 15) is 24.3 Å². The Morgan fingerprint density at radius 2 is 1.62 bits per heavy atom. The second kappa shape index (κ2) is 20.3. The van der Waals surface area contributed by atoms with E-state index in [2.05, 4.69) is 29.4 Å². The number of nitrogens with one attached hydrogen (secondary N) is 2. The fourth-order valence-corrected chi connectivity index (χ4v) is 6.52. The Labute approximate surface area is 325 Å². The maximum absolute atomic E-state index is 13.7. The number of aliphatic hydroxyl groups excluding tert-OH is 1. The molecule has 12 heteroatoms. The number of hydrogen-bond acceptors (Lipinski definition) is 8. The third kappa shape index (κ3) is 13.1. The van der Waals surface area contributed by atoms with Crippen molar-refractivity contribution >= 4 is 47.0 Å². The van der Waals surface area contributed by atoms with E-state index in [1.807, 2.05) is 57.2 Å². The minimum absolute atomic E-state index is 0.0298. The SMILES string of the molecule is CCN(CC)Cc1ccc([C@H](Cl)[C@H](O)[C@@H](C)[C@@H]2C/C=C/C(=O)N[C@H](Cc3ccc(C)c(Cl)c3)C(=O)NCC(C)(C)C(=O)O[C@@H](CC(C)C)C(=O)O2)cc1. The number of nitrogens with zero attached hydrogens (tertiary/aromatic N) is 1. The summed E-state index contributed by atoms with van der Waals surface area (Å²) in [5.41, 5.74) is 2.20. The number of aliphatic hydroxyl groups is 1. The van der Waals surface area contributed by atoms with Gasteiger partial charge in [-0.2, -0.15) is 0 Å². The third-order valence-corrected chi connectivity index (χ3v) is 10.6. The van der Waals surface area contributed by atoms with Crippen molar-refractivity contribution in [2.75, 3.05) is 19.6 Å². The highest BCUT2D eigenvalue weighted by Crippen LogP contribution is 2.33. The number of cyclic esters (lactones) is 2. The van der Waals surface area contributed by atoms with Crippen molar-refractivity contribution in [3.05, 3.63) is 81.9 Å². The maximum atomic E-state index is 13.7. The summed E-state index contributed by atoms with van der Waals surface area (Å²) < 4.78 is 11.8. The molecule has 10 nitrogen and oxygen atoms in total. The Bertz CT molecular complexity index is 1580. The molecule has 0 aromatic heterocycles. The van der Waals surface area contributed by atoms with Crippen LogP contribution in [0.1, 0.15) is 88.9 Å². The minimum Gasteiger partial charge on any atom is -0.459 e. The van der Waals surface area contributed by atoms with Gasteiger partial charge in [-0.1, -0.05) is 88.7 Å². The number of rotatable bonds is 12. The van der Waals surface area contributed by atoms with Crippen LogP contribution in [-0.2, 0) is 41.6 Å². The summed E-state index contributed by atoms with van der Waals surface area (Å²) in [7, 11) is 0. The summed E-state index contributed by atoms with van der Waals surface area (Å²) >= 11 is 13.2. The molecule has 0 radical (unpaired) electrons. The molecule has 2 aromatic rings. The van der Waals surface area contributed by atoms with E-state index in [0.717, 1.165) is 36.3 Å². The Morgan fingerprint density at radius 1 is 0.981 bits per heavy atom. The largest absolute Gasteiger partial charge is 0.459 e. The summed E-state index contributed by atoms with van der Waals surface area (Å²) in [5, 5.41) is 16.8. The van der Waals surface area contributed by atoms with Gasteiger partial charge in [0, 0.05) is 36.9 Å². The lowest BCUT2D eigenvalue weighted by Crippen LogP contribution is -2.51. The lowest BCUT2D eigenvalue weighted by molar-refractivity contribution is -0.180. The van der Waals surface area contributed by atoms with Gasteiger partial charge in [0.15, 0.2) is 6.10 Å². The van der Waals surface area contributed by atoms with Gasteiger partial charge in [0.25, 0.3) is 0 Å². The van der Waals surface area contributed by atoms with E-state index in [1.54, 1.807) is 26.8 Å². The molecule has 3 N–H and O–H groups in total. The zero-order valence-corrected chi connectivity index (χ0v) is 33.8. The molecule has 292 valence electrons. The van der Waals surface area contributed by atoms with Crippen LogP contribution in [0, 0.1) is 24.2 Å². The lowest BCUT2D eigenvalue weighted by Gasteiger charge is -2.32. The third-order valence-electron chi connectivity index (χ3n) is 9.69. The summed E-state index contributed by atoms with van der Waals surface area (Å²) in [4.78, 5) is 56.3. The van der Waals surface area contributed by atoms with Crippen molar-refractivity contribution in [2.24, 2.45) is 17.3 Å². The Kier molecular flexibility index (Phi) is 16.8. The van der Waals surface area contributed by atoms with E-state index in [1.165, 1.54) is 12.2 Å². The molecule has 0 saturated heterocycles. The molecule has 0 unspecified atom stereocenters. The molecule has 0 fully saturated rings. The average Bonchev–Trinajstić information content (AvgIpc) is 3.12. The standard InChI is InChI=1S/C41H57Cl2N3O7/c1-9-46(10-2)23-28-16-18-30(19-17-28)36(43)37(48)27(6)33-12-11-13-35(47)45-32(22-29-15-14-26(5)31(42)21-29)38(49)44-24-41(7,8)40(51)53-34(20-25(3)4)39(50)52-33/h11,13-19,21,25,27,32-34,36-37,48H,9-10,12,20,22-24H2,1-8H3,(H,44,49)(H,45,47)/b13-11+/t27-,32+,33-,34-,36-,37+/m0/s1. The highest BCUT2D eigenvalue weighted by atomic mass is 35.5. The van der Waals surface area contributed by atoms with E-state index in [0.29, 0.717) is 10.6 Å². The van der Waals surface area contributed by atoms with E-state index >= 15 is 0 Å². The van der Waals surface area contributed by atoms with Crippen LogP contribution in [-0.4, -0.2) is 77.7 Å². The van der Waals surface area contributed by atoms with Crippen LogP contribution in [0.5, 0.6) is 0 Å². The second-order valence-electron chi connectivity index (χ2n) is 15.0. The number of amides is 2. The van der Waals surface area contributed by atoms with Gasteiger partial charge in [-0.05, 0) is 80.6 Å². The molecule has 2 amide bonds. The second-order valence-corrected chi connectivity index (χ2v) is 15.9. The molecule has 0 spiro atoms. The monoisotopic (exact) mass is 773 g/mol. The molecule has 2 aromatic carbocycles. The molecule has 0 saturated carbocycles. The Balaban J connectivity index is 1.93. The summed E-state index contributed by atoms with van der Waals surface area (Å²) in [6.07, 6.45) is -0.189. The Hall–Kier alpha value is -3.44.